The first-order valence-corrected chi connectivity index (χ1v) is 7.27. The Morgan fingerprint density at radius 1 is 1.33 bits per heavy atom. The van der Waals surface area contributed by atoms with E-state index in [4.69, 9.17) is 0 Å². The SMILES string of the molecule is CC(C)C1CCC(C(=O)/C=C/CN(C)C)CC1C. The Labute approximate surface area is 112 Å². The van der Waals surface area contributed by atoms with Crippen LogP contribution in [0.4, 0.5) is 0 Å². The maximum absolute atomic E-state index is 12.1. The lowest BCUT2D eigenvalue weighted by Gasteiger charge is -2.35. The number of hydrogen-bond donors (Lipinski definition) is 0. The highest BCUT2D eigenvalue weighted by Crippen LogP contribution is 2.38. The maximum atomic E-state index is 12.1. The number of carbonyl (C=O) groups excluding carboxylic acids is 1. The Bertz CT molecular complexity index is 293. The topological polar surface area (TPSA) is 20.3 Å². The van der Waals surface area contributed by atoms with Crippen LogP contribution in [0.3, 0.4) is 0 Å². The van der Waals surface area contributed by atoms with E-state index in [9.17, 15) is 4.79 Å². The van der Waals surface area contributed by atoms with Gasteiger partial charge < -0.3 is 4.90 Å². The summed E-state index contributed by atoms with van der Waals surface area (Å²) in [7, 11) is 4.04. The zero-order valence-electron chi connectivity index (χ0n) is 12.6. The molecule has 0 N–H and O–H groups in total. The number of hydrogen-bond acceptors (Lipinski definition) is 2. The summed E-state index contributed by atoms with van der Waals surface area (Å²) in [6, 6.07) is 0. The van der Waals surface area contributed by atoms with E-state index < -0.39 is 0 Å². The predicted molar refractivity (Wildman–Crippen MR) is 77.5 cm³/mol. The van der Waals surface area contributed by atoms with Crippen LogP contribution in [0.15, 0.2) is 12.2 Å². The van der Waals surface area contributed by atoms with Crippen LogP contribution < -0.4 is 0 Å². The fourth-order valence-corrected chi connectivity index (χ4v) is 3.18. The van der Waals surface area contributed by atoms with Crippen molar-refractivity contribution in [3.63, 3.8) is 0 Å². The second-order valence-corrected chi connectivity index (χ2v) is 6.46. The van der Waals surface area contributed by atoms with Gasteiger partial charge in [-0.1, -0.05) is 26.8 Å². The molecule has 0 aromatic rings. The summed E-state index contributed by atoms with van der Waals surface area (Å²) in [6.07, 6.45) is 7.16. The predicted octanol–water partition coefficient (Wildman–Crippen LogP) is 3.38. The minimum atomic E-state index is 0.272. The fourth-order valence-electron chi connectivity index (χ4n) is 3.18. The number of rotatable bonds is 5. The van der Waals surface area contributed by atoms with Crippen molar-refractivity contribution in [2.45, 2.75) is 40.0 Å². The number of nitrogens with zero attached hydrogens (tertiary/aromatic N) is 1. The van der Waals surface area contributed by atoms with Gasteiger partial charge in [-0.25, -0.2) is 0 Å². The second kappa shape index (κ2) is 7.08. The highest BCUT2D eigenvalue weighted by atomic mass is 16.1. The van der Waals surface area contributed by atoms with Crippen molar-refractivity contribution in [3.05, 3.63) is 12.2 Å². The van der Waals surface area contributed by atoms with E-state index in [0.717, 1.165) is 31.2 Å². The monoisotopic (exact) mass is 251 g/mol. The van der Waals surface area contributed by atoms with E-state index in [1.165, 1.54) is 6.42 Å². The second-order valence-electron chi connectivity index (χ2n) is 6.46. The summed E-state index contributed by atoms with van der Waals surface area (Å²) >= 11 is 0. The van der Waals surface area contributed by atoms with E-state index in [-0.39, 0.29) is 5.92 Å². The Hall–Kier alpha value is -0.630. The number of likely N-dealkylation sites (N-methyl/N-ethyl adjacent to an activating group) is 1. The van der Waals surface area contributed by atoms with Crippen molar-refractivity contribution in [1.82, 2.24) is 4.90 Å². The molecule has 0 aromatic heterocycles. The van der Waals surface area contributed by atoms with E-state index in [2.05, 4.69) is 25.7 Å². The molecule has 0 heterocycles. The summed E-state index contributed by atoms with van der Waals surface area (Å²) in [6.45, 7) is 7.77. The van der Waals surface area contributed by atoms with E-state index in [0.29, 0.717) is 11.7 Å². The third-order valence-corrected chi connectivity index (χ3v) is 4.25. The largest absolute Gasteiger partial charge is 0.306 e. The van der Waals surface area contributed by atoms with Gasteiger partial charge in [0.2, 0.25) is 0 Å². The van der Waals surface area contributed by atoms with Gasteiger partial charge in [0.15, 0.2) is 5.78 Å². The van der Waals surface area contributed by atoms with E-state index >= 15 is 0 Å². The van der Waals surface area contributed by atoms with Gasteiger partial charge in [0.1, 0.15) is 0 Å². The Morgan fingerprint density at radius 2 is 2.00 bits per heavy atom. The van der Waals surface area contributed by atoms with Crippen LogP contribution in [-0.2, 0) is 4.79 Å². The molecule has 2 nitrogen and oxygen atoms in total. The smallest absolute Gasteiger partial charge is 0.158 e. The lowest BCUT2D eigenvalue weighted by molar-refractivity contribution is -0.120. The van der Waals surface area contributed by atoms with Gasteiger partial charge in [-0.15, -0.1) is 0 Å². The van der Waals surface area contributed by atoms with Gasteiger partial charge in [0.25, 0.3) is 0 Å². The minimum absolute atomic E-state index is 0.272. The first kappa shape index (κ1) is 15.4. The molecule has 1 rings (SSSR count). The molecule has 0 amide bonds. The third-order valence-electron chi connectivity index (χ3n) is 4.25. The van der Waals surface area contributed by atoms with Crippen LogP contribution in [0.25, 0.3) is 0 Å². The molecule has 0 bridgehead atoms. The molecule has 1 aliphatic carbocycles. The molecule has 0 saturated heterocycles. The standard InChI is InChI=1S/C16H29NO/c1-12(2)15-9-8-14(11-13(15)3)16(18)7-6-10-17(4)5/h6-7,12-15H,8-11H2,1-5H3/b7-6+. The fraction of sp³-hybridized carbons (Fsp3) is 0.812. The van der Waals surface area contributed by atoms with Crippen molar-refractivity contribution >= 4 is 5.78 Å². The van der Waals surface area contributed by atoms with Crippen molar-refractivity contribution in [1.29, 1.82) is 0 Å². The average Bonchev–Trinajstić information content (AvgIpc) is 2.27. The zero-order chi connectivity index (χ0) is 13.7. The van der Waals surface area contributed by atoms with Gasteiger partial charge in [-0.3, -0.25) is 4.79 Å². The van der Waals surface area contributed by atoms with Gasteiger partial charge in [-0.2, -0.15) is 0 Å². The quantitative estimate of drug-likeness (QED) is 0.698. The third kappa shape index (κ3) is 4.56. The van der Waals surface area contributed by atoms with E-state index in [1.807, 2.05) is 20.2 Å². The van der Waals surface area contributed by atoms with Gasteiger partial charge >= 0.3 is 0 Å². The molecule has 1 aliphatic rings. The molecule has 0 radical (unpaired) electrons. The minimum Gasteiger partial charge on any atom is -0.306 e. The Balaban J connectivity index is 2.45. The summed E-state index contributed by atoms with van der Waals surface area (Å²) in [5.74, 6) is 2.86. The molecule has 0 spiro atoms. The zero-order valence-corrected chi connectivity index (χ0v) is 12.6. The van der Waals surface area contributed by atoms with Gasteiger partial charge in [-0.05, 0) is 57.2 Å². The molecule has 3 atom stereocenters. The first-order chi connectivity index (χ1) is 8.41. The van der Waals surface area contributed by atoms with Crippen LogP contribution >= 0.6 is 0 Å². The summed E-state index contributed by atoms with van der Waals surface area (Å²) in [5.41, 5.74) is 0. The molecule has 0 aliphatic heterocycles. The summed E-state index contributed by atoms with van der Waals surface area (Å²) < 4.78 is 0. The highest BCUT2D eigenvalue weighted by Gasteiger charge is 2.31. The van der Waals surface area contributed by atoms with Crippen LogP contribution in [-0.4, -0.2) is 31.3 Å². The maximum Gasteiger partial charge on any atom is 0.158 e. The van der Waals surface area contributed by atoms with Crippen LogP contribution in [0.5, 0.6) is 0 Å². The van der Waals surface area contributed by atoms with Crippen molar-refractivity contribution < 1.29 is 4.79 Å². The number of ketones is 1. The van der Waals surface area contributed by atoms with Crippen LogP contribution in [0, 0.1) is 23.7 Å². The molecule has 104 valence electrons. The summed E-state index contributed by atoms with van der Waals surface area (Å²) in [4.78, 5) is 14.2. The van der Waals surface area contributed by atoms with Gasteiger partial charge in [0.05, 0.1) is 0 Å². The Morgan fingerprint density at radius 3 is 2.50 bits per heavy atom. The average molecular weight is 251 g/mol. The molecule has 1 saturated carbocycles. The first-order valence-electron chi connectivity index (χ1n) is 7.27. The molecular formula is C16H29NO. The van der Waals surface area contributed by atoms with Crippen molar-refractivity contribution in [3.8, 4) is 0 Å². The molecule has 0 aromatic carbocycles. The highest BCUT2D eigenvalue weighted by molar-refractivity contribution is 5.91. The molecular weight excluding hydrogens is 222 g/mol. The molecule has 18 heavy (non-hydrogen) atoms. The molecule has 2 heteroatoms. The van der Waals surface area contributed by atoms with Crippen molar-refractivity contribution in [2.24, 2.45) is 23.7 Å². The van der Waals surface area contributed by atoms with Gasteiger partial charge in [0, 0.05) is 12.5 Å². The van der Waals surface area contributed by atoms with Crippen LogP contribution in [0.2, 0.25) is 0 Å². The van der Waals surface area contributed by atoms with Crippen molar-refractivity contribution in [2.75, 3.05) is 20.6 Å². The van der Waals surface area contributed by atoms with Crippen LogP contribution in [0.1, 0.15) is 40.0 Å². The number of allylic oxidation sites excluding steroid dienone is 1. The Kier molecular flexibility index (Phi) is 6.07. The molecule has 1 fully saturated rings. The lowest BCUT2D eigenvalue weighted by Crippen LogP contribution is -2.29. The molecule has 3 unspecified atom stereocenters. The lowest BCUT2D eigenvalue weighted by atomic mass is 9.69. The normalized spacial score (nSPS) is 29.4. The number of carbonyl (C=O) groups is 1. The summed E-state index contributed by atoms with van der Waals surface area (Å²) in [5, 5.41) is 0. The van der Waals surface area contributed by atoms with E-state index in [1.54, 1.807) is 6.08 Å².